The summed E-state index contributed by atoms with van der Waals surface area (Å²) in [5, 5.41) is 2.60. The van der Waals surface area contributed by atoms with E-state index in [1.165, 1.54) is 12.1 Å². The van der Waals surface area contributed by atoms with E-state index in [4.69, 9.17) is 4.74 Å². The zero-order chi connectivity index (χ0) is 19.3. The van der Waals surface area contributed by atoms with E-state index in [0.29, 0.717) is 17.2 Å². The molecule has 0 fully saturated rings. The highest BCUT2D eigenvalue weighted by molar-refractivity contribution is 7.92. The smallest absolute Gasteiger partial charge is 0.239 e. The maximum absolute atomic E-state index is 12.3. The normalized spacial score (nSPS) is 11.0. The number of sulfone groups is 1. The number of carbonyl (C=O) groups excluding carboxylic acids is 1. The lowest BCUT2D eigenvalue weighted by molar-refractivity contribution is -0.113. The molecule has 0 spiro atoms. The Morgan fingerprint density at radius 2 is 1.44 bits per heavy atom. The first kappa shape index (κ1) is 18.7. The average Bonchev–Trinajstić information content (AvgIpc) is 2.64. The zero-order valence-corrected chi connectivity index (χ0v) is 15.6. The Labute approximate surface area is 158 Å². The molecule has 1 amide bonds. The quantitative estimate of drug-likeness (QED) is 0.695. The van der Waals surface area contributed by atoms with Crippen LogP contribution in [0.1, 0.15) is 5.56 Å². The van der Waals surface area contributed by atoms with Gasteiger partial charge in [0.15, 0.2) is 9.84 Å². The van der Waals surface area contributed by atoms with Crippen molar-refractivity contribution < 1.29 is 17.9 Å². The molecule has 0 radical (unpaired) electrons. The van der Waals surface area contributed by atoms with E-state index in [-0.39, 0.29) is 4.90 Å². The minimum Gasteiger partial charge on any atom is -0.457 e. The predicted octanol–water partition coefficient (Wildman–Crippen LogP) is 4.20. The van der Waals surface area contributed by atoms with Crippen LogP contribution in [0.2, 0.25) is 0 Å². The van der Waals surface area contributed by atoms with E-state index in [2.05, 4.69) is 5.32 Å². The maximum atomic E-state index is 12.3. The zero-order valence-electron chi connectivity index (χ0n) is 14.8. The minimum absolute atomic E-state index is 0.134. The van der Waals surface area contributed by atoms with Gasteiger partial charge in [0, 0.05) is 5.69 Å². The average molecular weight is 381 g/mol. The van der Waals surface area contributed by atoms with Gasteiger partial charge in [-0.15, -0.1) is 0 Å². The summed E-state index contributed by atoms with van der Waals surface area (Å²) in [6.07, 6.45) is 0. The number of hydrogen-bond acceptors (Lipinski definition) is 4. The van der Waals surface area contributed by atoms with Crippen LogP contribution in [0.3, 0.4) is 0 Å². The van der Waals surface area contributed by atoms with Crippen LogP contribution < -0.4 is 10.1 Å². The van der Waals surface area contributed by atoms with Crippen molar-refractivity contribution in [1.29, 1.82) is 0 Å². The molecule has 0 aliphatic carbocycles. The molecule has 27 heavy (non-hydrogen) atoms. The molecule has 6 heteroatoms. The summed E-state index contributed by atoms with van der Waals surface area (Å²) in [6.45, 7) is 1.87. The van der Waals surface area contributed by atoms with Crippen molar-refractivity contribution >= 4 is 21.4 Å². The Morgan fingerprint density at radius 1 is 0.852 bits per heavy atom. The molecule has 0 aromatic heterocycles. The standard InChI is InChI=1S/C21H19NO4S/c1-16-7-13-20(14-8-16)27(24,25)15-21(23)22-17-9-11-19(12-10-17)26-18-5-3-2-4-6-18/h2-14H,15H2,1H3,(H,22,23). The summed E-state index contributed by atoms with van der Waals surface area (Å²) in [7, 11) is -3.68. The molecule has 3 rings (SSSR count). The molecule has 1 N–H and O–H groups in total. The molecular weight excluding hydrogens is 362 g/mol. The first-order valence-corrected chi connectivity index (χ1v) is 10.00. The summed E-state index contributed by atoms with van der Waals surface area (Å²) >= 11 is 0. The number of amides is 1. The van der Waals surface area contributed by atoms with Crippen molar-refractivity contribution in [2.24, 2.45) is 0 Å². The van der Waals surface area contributed by atoms with Gasteiger partial charge < -0.3 is 10.1 Å². The van der Waals surface area contributed by atoms with Crippen LogP contribution in [-0.4, -0.2) is 20.1 Å². The third-order valence-electron chi connectivity index (χ3n) is 3.82. The lowest BCUT2D eigenvalue weighted by Gasteiger charge is -2.09. The number of benzene rings is 3. The van der Waals surface area contributed by atoms with Crippen molar-refractivity contribution in [3.8, 4) is 11.5 Å². The summed E-state index contributed by atoms with van der Waals surface area (Å²) in [5.74, 6) is 0.121. The Bertz CT molecular complexity index is 1010. The van der Waals surface area contributed by atoms with Crippen molar-refractivity contribution in [3.05, 3.63) is 84.4 Å². The third-order valence-corrected chi connectivity index (χ3v) is 5.45. The summed E-state index contributed by atoms with van der Waals surface area (Å²) in [4.78, 5) is 12.3. The highest BCUT2D eigenvalue weighted by atomic mass is 32.2. The Morgan fingerprint density at radius 3 is 2.07 bits per heavy atom. The molecule has 138 valence electrons. The van der Waals surface area contributed by atoms with E-state index in [0.717, 1.165) is 5.56 Å². The van der Waals surface area contributed by atoms with Gasteiger partial charge in [0.1, 0.15) is 17.3 Å². The highest BCUT2D eigenvalue weighted by Crippen LogP contribution is 2.22. The molecule has 0 saturated carbocycles. The van der Waals surface area contributed by atoms with Gasteiger partial charge in [-0.25, -0.2) is 8.42 Å². The second kappa shape index (κ2) is 8.05. The lowest BCUT2D eigenvalue weighted by atomic mass is 10.2. The number of ether oxygens (including phenoxy) is 1. The molecule has 3 aromatic rings. The topological polar surface area (TPSA) is 72.5 Å². The fourth-order valence-electron chi connectivity index (χ4n) is 2.43. The first-order valence-electron chi connectivity index (χ1n) is 8.35. The summed E-state index contributed by atoms with van der Waals surface area (Å²) in [6, 6.07) is 22.5. The summed E-state index contributed by atoms with van der Waals surface area (Å²) < 4.78 is 30.3. The first-order chi connectivity index (χ1) is 12.9. The van der Waals surface area contributed by atoms with E-state index >= 15 is 0 Å². The number of anilines is 1. The molecule has 0 aliphatic rings. The van der Waals surface area contributed by atoms with E-state index in [9.17, 15) is 13.2 Å². The molecule has 5 nitrogen and oxygen atoms in total. The second-order valence-corrected chi connectivity index (χ2v) is 8.05. The van der Waals surface area contributed by atoms with Gasteiger partial charge in [0.25, 0.3) is 0 Å². The number of carbonyl (C=O) groups is 1. The maximum Gasteiger partial charge on any atom is 0.239 e. The van der Waals surface area contributed by atoms with Crippen LogP contribution in [0.25, 0.3) is 0 Å². The third kappa shape index (κ3) is 5.18. The van der Waals surface area contributed by atoms with Gasteiger partial charge in [-0.05, 0) is 55.5 Å². The lowest BCUT2D eigenvalue weighted by Crippen LogP contribution is -2.23. The highest BCUT2D eigenvalue weighted by Gasteiger charge is 2.19. The Kier molecular flexibility index (Phi) is 5.57. The predicted molar refractivity (Wildman–Crippen MR) is 105 cm³/mol. The van der Waals surface area contributed by atoms with Crippen LogP contribution in [-0.2, 0) is 14.6 Å². The molecular formula is C21H19NO4S. The van der Waals surface area contributed by atoms with Gasteiger partial charge in [0.05, 0.1) is 4.90 Å². The molecule has 0 aliphatic heterocycles. The molecule has 0 unspecified atom stereocenters. The van der Waals surface area contributed by atoms with Crippen molar-refractivity contribution in [2.75, 3.05) is 11.1 Å². The van der Waals surface area contributed by atoms with Gasteiger partial charge in [-0.1, -0.05) is 35.9 Å². The second-order valence-electron chi connectivity index (χ2n) is 6.06. The SMILES string of the molecule is Cc1ccc(S(=O)(=O)CC(=O)Nc2ccc(Oc3ccccc3)cc2)cc1. The molecule has 3 aromatic carbocycles. The molecule has 0 heterocycles. The number of hydrogen-bond donors (Lipinski definition) is 1. The number of rotatable bonds is 6. The molecule has 0 saturated heterocycles. The fourth-order valence-corrected chi connectivity index (χ4v) is 3.56. The van der Waals surface area contributed by atoms with Gasteiger partial charge in [-0.2, -0.15) is 0 Å². The van der Waals surface area contributed by atoms with Crippen LogP contribution in [0.15, 0.2) is 83.8 Å². The van der Waals surface area contributed by atoms with E-state index in [1.807, 2.05) is 37.3 Å². The van der Waals surface area contributed by atoms with Crippen LogP contribution in [0, 0.1) is 6.92 Å². The number of nitrogens with one attached hydrogen (secondary N) is 1. The van der Waals surface area contributed by atoms with Crippen molar-refractivity contribution in [3.63, 3.8) is 0 Å². The van der Waals surface area contributed by atoms with Crippen molar-refractivity contribution in [2.45, 2.75) is 11.8 Å². The van der Waals surface area contributed by atoms with Gasteiger partial charge in [0.2, 0.25) is 5.91 Å². The van der Waals surface area contributed by atoms with Gasteiger partial charge in [-0.3, -0.25) is 4.79 Å². The van der Waals surface area contributed by atoms with E-state index < -0.39 is 21.5 Å². The number of aryl methyl sites for hydroxylation is 1. The molecule has 0 bridgehead atoms. The minimum atomic E-state index is -3.68. The molecule has 0 atom stereocenters. The van der Waals surface area contributed by atoms with Crippen LogP contribution in [0.5, 0.6) is 11.5 Å². The van der Waals surface area contributed by atoms with E-state index in [1.54, 1.807) is 36.4 Å². The Hall–Kier alpha value is -3.12. The van der Waals surface area contributed by atoms with Crippen LogP contribution >= 0.6 is 0 Å². The monoisotopic (exact) mass is 381 g/mol. The van der Waals surface area contributed by atoms with Gasteiger partial charge >= 0.3 is 0 Å². The number of para-hydroxylation sites is 1. The largest absolute Gasteiger partial charge is 0.457 e. The Balaban J connectivity index is 1.61. The van der Waals surface area contributed by atoms with Crippen LogP contribution in [0.4, 0.5) is 5.69 Å². The van der Waals surface area contributed by atoms with Crippen molar-refractivity contribution in [1.82, 2.24) is 0 Å². The fraction of sp³-hybridized carbons (Fsp3) is 0.0952. The summed E-state index contributed by atoms with van der Waals surface area (Å²) in [5.41, 5.74) is 1.45.